The van der Waals surface area contributed by atoms with E-state index in [9.17, 15) is 0 Å². The summed E-state index contributed by atoms with van der Waals surface area (Å²) in [5.74, 6) is 2.00. The number of ether oxygens (including phenoxy) is 1. The first kappa shape index (κ1) is 15.7. The van der Waals surface area contributed by atoms with Crippen molar-refractivity contribution in [1.82, 2.24) is 15.1 Å². The lowest BCUT2D eigenvalue weighted by molar-refractivity contribution is 0.245. The number of rotatable bonds is 4. The molecule has 0 saturated carbocycles. The van der Waals surface area contributed by atoms with Crippen LogP contribution in [0.1, 0.15) is 16.7 Å². The number of methoxy groups -OCH3 is 1. The van der Waals surface area contributed by atoms with E-state index < -0.39 is 0 Å². The maximum Gasteiger partial charge on any atom is 0.154 e. The van der Waals surface area contributed by atoms with Gasteiger partial charge < -0.3 is 9.64 Å². The summed E-state index contributed by atoms with van der Waals surface area (Å²) in [5.41, 5.74) is 3.68. The molecular weight excluding hydrogens is 288 g/mol. The highest BCUT2D eigenvalue weighted by Gasteiger charge is 2.21. The maximum absolute atomic E-state index is 5.45. The minimum absolute atomic E-state index is 0.927. The molecule has 1 aliphatic rings. The van der Waals surface area contributed by atoms with Crippen molar-refractivity contribution < 1.29 is 4.74 Å². The van der Waals surface area contributed by atoms with Gasteiger partial charge in [0.2, 0.25) is 0 Å². The highest BCUT2D eigenvalue weighted by molar-refractivity contribution is 5.48. The number of para-hydroxylation sites is 1. The number of hydrogen-bond donors (Lipinski definition) is 0. The fourth-order valence-electron chi connectivity index (χ4n) is 3.01. The Hall–Kier alpha value is -2.14. The van der Waals surface area contributed by atoms with Crippen LogP contribution in [0.5, 0.6) is 5.75 Å². The number of aromatic nitrogens is 2. The largest absolute Gasteiger partial charge is 0.496 e. The van der Waals surface area contributed by atoms with Gasteiger partial charge in [0.1, 0.15) is 5.75 Å². The van der Waals surface area contributed by atoms with Gasteiger partial charge in [0.15, 0.2) is 5.82 Å². The van der Waals surface area contributed by atoms with E-state index in [4.69, 9.17) is 4.74 Å². The summed E-state index contributed by atoms with van der Waals surface area (Å²) in [5, 5.41) is 8.44. The van der Waals surface area contributed by atoms with E-state index in [0.717, 1.165) is 44.3 Å². The Bertz CT molecular complexity index is 666. The molecule has 23 heavy (non-hydrogen) atoms. The van der Waals surface area contributed by atoms with Gasteiger partial charge in [0, 0.05) is 38.3 Å². The SMILES string of the molecule is COc1ccccc1CN1CCN(c2nncc(C)c2C)CC1. The van der Waals surface area contributed by atoms with Gasteiger partial charge in [-0.1, -0.05) is 18.2 Å². The van der Waals surface area contributed by atoms with Crippen molar-refractivity contribution in [2.24, 2.45) is 0 Å². The molecule has 0 bridgehead atoms. The van der Waals surface area contributed by atoms with Crippen LogP contribution in [0, 0.1) is 13.8 Å². The first-order chi connectivity index (χ1) is 11.2. The minimum atomic E-state index is 0.927. The molecule has 5 nitrogen and oxygen atoms in total. The first-order valence-corrected chi connectivity index (χ1v) is 8.07. The third kappa shape index (κ3) is 3.45. The summed E-state index contributed by atoms with van der Waals surface area (Å²) in [6.07, 6.45) is 1.83. The van der Waals surface area contributed by atoms with Crippen LogP contribution in [0.2, 0.25) is 0 Å². The van der Waals surface area contributed by atoms with Crippen LogP contribution in [0.4, 0.5) is 5.82 Å². The molecule has 122 valence electrons. The molecule has 2 heterocycles. The van der Waals surface area contributed by atoms with Crippen LogP contribution in [0.25, 0.3) is 0 Å². The molecule has 1 fully saturated rings. The lowest BCUT2D eigenvalue weighted by atomic mass is 10.1. The van der Waals surface area contributed by atoms with Crippen molar-refractivity contribution in [3.8, 4) is 5.75 Å². The molecule has 0 amide bonds. The highest BCUT2D eigenvalue weighted by Crippen LogP contribution is 2.23. The first-order valence-electron chi connectivity index (χ1n) is 8.07. The summed E-state index contributed by atoms with van der Waals surface area (Å²) in [7, 11) is 1.73. The van der Waals surface area contributed by atoms with Crippen LogP contribution in [0.3, 0.4) is 0 Å². The summed E-state index contributed by atoms with van der Waals surface area (Å²) in [6, 6.07) is 8.25. The van der Waals surface area contributed by atoms with Gasteiger partial charge in [0.25, 0.3) is 0 Å². The topological polar surface area (TPSA) is 41.5 Å². The predicted molar refractivity (Wildman–Crippen MR) is 92.0 cm³/mol. The normalized spacial score (nSPS) is 15.7. The van der Waals surface area contributed by atoms with Crippen molar-refractivity contribution in [2.45, 2.75) is 20.4 Å². The average molecular weight is 312 g/mol. The van der Waals surface area contributed by atoms with Crippen LogP contribution >= 0.6 is 0 Å². The van der Waals surface area contributed by atoms with Crippen LogP contribution in [-0.2, 0) is 6.54 Å². The highest BCUT2D eigenvalue weighted by atomic mass is 16.5. The van der Waals surface area contributed by atoms with Gasteiger partial charge in [-0.05, 0) is 31.0 Å². The van der Waals surface area contributed by atoms with Crippen LogP contribution < -0.4 is 9.64 Å². The van der Waals surface area contributed by atoms with E-state index in [0.29, 0.717) is 0 Å². The summed E-state index contributed by atoms with van der Waals surface area (Å²) >= 11 is 0. The van der Waals surface area contributed by atoms with Crippen molar-refractivity contribution >= 4 is 5.82 Å². The second kappa shape index (κ2) is 6.96. The quantitative estimate of drug-likeness (QED) is 0.867. The van der Waals surface area contributed by atoms with Gasteiger partial charge in [-0.15, -0.1) is 5.10 Å². The number of benzene rings is 1. The second-order valence-corrected chi connectivity index (χ2v) is 6.05. The number of hydrogen-bond acceptors (Lipinski definition) is 5. The third-order valence-corrected chi connectivity index (χ3v) is 4.59. The van der Waals surface area contributed by atoms with E-state index in [1.165, 1.54) is 16.7 Å². The molecule has 1 aromatic heterocycles. The summed E-state index contributed by atoms with van der Waals surface area (Å²) < 4.78 is 5.45. The van der Waals surface area contributed by atoms with Gasteiger partial charge >= 0.3 is 0 Å². The predicted octanol–water partition coefficient (Wildman–Crippen LogP) is 2.42. The molecule has 0 unspecified atom stereocenters. The zero-order valence-corrected chi connectivity index (χ0v) is 14.1. The standard InChI is InChI=1S/C18H24N4O/c1-14-12-19-20-18(15(14)2)22-10-8-21(9-11-22)13-16-6-4-5-7-17(16)23-3/h4-7,12H,8-11,13H2,1-3H3. The molecule has 0 aliphatic carbocycles. The third-order valence-electron chi connectivity index (χ3n) is 4.59. The molecule has 3 rings (SSSR count). The molecule has 1 saturated heterocycles. The summed E-state index contributed by atoms with van der Waals surface area (Å²) in [4.78, 5) is 4.81. The van der Waals surface area contributed by atoms with Crippen molar-refractivity contribution in [3.05, 3.63) is 47.2 Å². The van der Waals surface area contributed by atoms with E-state index in [1.807, 2.05) is 18.3 Å². The van der Waals surface area contributed by atoms with Gasteiger partial charge in [-0.3, -0.25) is 4.90 Å². The Morgan fingerprint density at radius 3 is 2.57 bits per heavy atom. The zero-order chi connectivity index (χ0) is 16.2. The molecule has 0 N–H and O–H groups in total. The Labute approximate surface area is 137 Å². The molecule has 1 aromatic carbocycles. The molecule has 0 atom stereocenters. The lowest BCUT2D eigenvalue weighted by Gasteiger charge is -2.36. The Morgan fingerprint density at radius 2 is 1.83 bits per heavy atom. The molecule has 0 radical (unpaired) electrons. The average Bonchev–Trinajstić information content (AvgIpc) is 2.59. The number of aryl methyl sites for hydroxylation is 1. The number of anilines is 1. The fourth-order valence-corrected chi connectivity index (χ4v) is 3.01. The number of piperazine rings is 1. The van der Waals surface area contributed by atoms with Crippen molar-refractivity contribution in [1.29, 1.82) is 0 Å². The van der Waals surface area contributed by atoms with E-state index >= 15 is 0 Å². The van der Waals surface area contributed by atoms with Crippen molar-refractivity contribution in [2.75, 3.05) is 38.2 Å². The molecule has 2 aromatic rings. The van der Waals surface area contributed by atoms with E-state index in [1.54, 1.807) is 7.11 Å². The van der Waals surface area contributed by atoms with Crippen molar-refractivity contribution in [3.63, 3.8) is 0 Å². The van der Waals surface area contributed by atoms with Gasteiger partial charge in [-0.2, -0.15) is 5.10 Å². The minimum Gasteiger partial charge on any atom is -0.496 e. The van der Waals surface area contributed by atoms with Crippen LogP contribution in [0.15, 0.2) is 30.5 Å². The molecule has 1 aliphatic heterocycles. The Balaban J connectivity index is 1.63. The molecular formula is C18H24N4O. The van der Waals surface area contributed by atoms with Gasteiger partial charge in [-0.25, -0.2) is 0 Å². The van der Waals surface area contributed by atoms with E-state index in [-0.39, 0.29) is 0 Å². The van der Waals surface area contributed by atoms with E-state index in [2.05, 4.69) is 46.0 Å². The van der Waals surface area contributed by atoms with Gasteiger partial charge in [0.05, 0.1) is 13.3 Å². The lowest BCUT2D eigenvalue weighted by Crippen LogP contribution is -2.46. The zero-order valence-electron chi connectivity index (χ0n) is 14.1. The molecule has 0 spiro atoms. The summed E-state index contributed by atoms with van der Waals surface area (Å²) in [6.45, 7) is 9.14. The fraction of sp³-hybridized carbons (Fsp3) is 0.444. The Morgan fingerprint density at radius 1 is 1.09 bits per heavy atom. The monoisotopic (exact) mass is 312 g/mol. The van der Waals surface area contributed by atoms with Crippen LogP contribution in [-0.4, -0.2) is 48.4 Å². The maximum atomic E-state index is 5.45. The smallest absolute Gasteiger partial charge is 0.154 e. The number of nitrogens with zero attached hydrogens (tertiary/aromatic N) is 4. The molecule has 5 heteroatoms. The second-order valence-electron chi connectivity index (χ2n) is 6.05. The Kier molecular flexibility index (Phi) is 4.76.